The molecule has 1 amide bonds. The quantitative estimate of drug-likeness (QED) is 0.574. The molecule has 3 atom stereocenters. The fourth-order valence-corrected chi connectivity index (χ4v) is 4.15. The van der Waals surface area contributed by atoms with Crippen molar-refractivity contribution in [1.29, 1.82) is 0 Å². The molecule has 2 heterocycles. The van der Waals surface area contributed by atoms with Crippen molar-refractivity contribution in [3.63, 3.8) is 0 Å². The van der Waals surface area contributed by atoms with Crippen LogP contribution in [0.1, 0.15) is 43.7 Å². The van der Waals surface area contributed by atoms with Crippen molar-refractivity contribution in [3.8, 4) is 5.75 Å². The van der Waals surface area contributed by atoms with Crippen molar-refractivity contribution in [2.24, 2.45) is 0 Å². The average molecular weight is 385 g/mol. The highest BCUT2D eigenvalue weighted by molar-refractivity contribution is 14.1. The van der Waals surface area contributed by atoms with E-state index in [0.29, 0.717) is 11.9 Å². The van der Waals surface area contributed by atoms with E-state index in [9.17, 15) is 4.79 Å². The van der Waals surface area contributed by atoms with Crippen LogP contribution in [-0.4, -0.2) is 27.9 Å². The number of fused-ring (bicyclic) bond motifs is 1. The third-order valence-corrected chi connectivity index (χ3v) is 5.68. The molecule has 20 heavy (non-hydrogen) atoms. The van der Waals surface area contributed by atoms with Crippen molar-refractivity contribution in [3.05, 3.63) is 29.8 Å². The Kier molecular flexibility index (Phi) is 4.19. The van der Waals surface area contributed by atoms with Crippen LogP contribution < -0.4 is 4.74 Å². The Hall–Kier alpha value is -0.780. The average Bonchev–Trinajstić information content (AvgIpc) is 2.50. The van der Waals surface area contributed by atoms with Crippen LogP contribution in [0.25, 0.3) is 0 Å². The van der Waals surface area contributed by atoms with E-state index in [2.05, 4.69) is 39.6 Å². The number of rotatable bonds is 2. The van der Waals surface area contributed by atoms with Crippen LogP contribution in [0.3, 0.4) is 0 Å². The summed E-state index contributed by atoms with van der Waals surface area (Å²) in [5.41, 5.74) is 1.24. The van der Waals surface area contributed by atoms with E-state index >= 15 is 0 Å². The molecule has 1 aromatic rings. The maximum absolute atomic E-state index is 12.6. The molecule has 2 aliphatic rings. The first-order chi connectivity index (χ1) is 9.70. The number of ether oxygens (including phenoxy) is 1. The zero-order valence-electron chi connectivity index (χ0n) is 11.7. The van der Waals surface area contributed by atoms with E-state index in [-0.39, 0.29) is 9.97 Å². The number of alkyl halides is 1. The molecule has 2 saturated heterocycles. The highest BCUT2D eigenvalue weighted by atomic mass is 127. The number of hydrogen-bond acceptors (Lipinski definition) is 2. The van der Waals surface area contributed by atoms with Gasteiger partial charge in [0.1, 0.15) is 5.75 Å². The molecule has 1 aromatic carbocycles. The summed E-state index contributed by atoms with van der Waals surface area (Å²) in [5.74, 6) is 1.21. The standard InChI is InChI=1S/C16H20INO2/c1-20-13-8-5-11(6-9-13)15-4-2-3-12-7-10-14(17)16(19)18(12)15/h5-6,8-9,12,14-15H,2-4,7,10H2,1H3. The number of halogens is 1. The number of amides is 1. The number of hydrogen-bond donors (Lipinski definition) is 0. The molecule has 0 saturated carbocycles. The van der Waals surface area contributed by atoms with Gasteiger partial charge in [0.25, 0.3) is 0 Å². The van der Waals surface area contributed by atoms with E-state index in [0.717, 1.165) is 25.0 Å². The predicted molar refractivity (Wildman–Crippen MR) is 87.3 cm³/mol. The minimum atomic E-state index is 0.155. The number of methoxy groups -OCH3 is 1. The Bertz CT molecular complexity index is 488. The van der Waals surface area contributed by atoms with E-state index in [1.807, 2.05) is 12.1 Å². The number of carbonyl (C=O) groups is 1. The van der Waals surface area contributed by atoms with Crippen LogP contribution in [0.2, 0.25) is 0 Å². The van der Waals surface area contributed by atoms with Gasteiger partial charge in [-0.1, -0.05) is 34.7 Å². The van der Waals surface area contributed by atoms with E-state index < -0.39 is 0 Å². The first-order valence-electron chi connectivity index (χ1n) is 7.31. The van der Waals surface area contributed by atoms with Crippen LogP contribution in [0.15, 0.2) is 24.3 Å². The lowest BCUT2D eigenvalue weighted by atomic mass is 9.85. The largest absolute Gasteiger partial charge is 0.497 e. The number of carbonyl (C=O) groups excluding carboxylic acids is 1. The molecule has 3 unspecified atom stereocenters. The Morgan fingerprint density at radius 3 is 2.60 bits per heavy atom. The Balaban J connectivity index is 1.88. The van der Waals surface area contributed by atoms with E-state index in [1.165, 1.54) is 18.4 Å². The van der Waals surface area contributed by atoms with Crippen molar-refractivity contribution in [2.45, 2.75) is 48.1 Å². The molecule has 0 bridgehead atoms. The summed E-state index contributed by atoms with van der Waals surface area (Å²) in [6.07, 6.45) is 5.67. The smallest absolute Gasteiger partial charge is 0.236 e. The molecule has 0 radical (unpaired) electrons. The van der Waals surface area contributed by atoms with Gasteiger partial charge in [-0.3, -0.25) is 4.79 Å². The molecular weight excluding hydrogens is 365 g/mol. The predicted octanol–water partition coefficient (Wildman–Crippen LogP) is 3.71. The van der Waals surface area contributed by atoms with Gasteiger partial charge < -0.3 is 9.64 Å². The monoisotopic (exact) mass is 385 g/mol. The third-order valence-electron chi connectivity index (χ3n) is 4.52. The van der Waals surface area contributed by atoms with Crippen molar-refractivity contribution < 1.29 is 9.53 Å². The molecule has 4 heteroatoms. The van der Waals surface area contributed by atoms with Gasteiger partial charge in [0.2, 0.25) is 5.91 Å². The summed E-state index contributed by atoms with van der Waals surface area (Å²) in [6, 6.07) is 8.91. The number of piperidine rings is 2. The summed E-state index contributed by atoms with van der Waals surface area (Å²) in [7, 11) is 1.68. The van der Waals surface area contributed by atoms with Crippen LogP contribution in [0, 0.1) is 0 Å². The molecule has 2 aliphatic heterocycles. The van der Waals surface area contributed by atoms with Gasteiger partial charge >= 0.3 is 0 Å². The maximum Gasteiger partial charge on any atom is 0.236 e. The summed E-state index contributed by atoms with van der Waals surface area (Å²) >= 11 is 2.30. The van der Waals surface area contributed by atoms with Crippen molar-refractivity contribution in [2.75, 3.05) is 7.11 Å². The van der Waals surface area contributed by atoms with Gasteiger partial charge in [-0.05, 0) is 49.8 Å². The van der Waals surface area contributed by atoms with E-state index in [4.69, 9.17) is 4.74 Å². The topological polar surface area (TPSA) is 29.5 Å². The zero-order valence-corrected chi connectivity index (χ0v) is 13.9. The molecule has 108 valence electrons. The second kappa shape index (κ2) is 5.92. The highest BCUT2D eigenvalue weighted by Crippen LogP contribution is 2.40. The van der Waals surface area contributed by atoms with Gasteiger partial charge in [0, 0.05) is 6.04 Å². The first-order valence-corrected chi connectivity index (χ1v) is 8.55. The molecule has 2 fully saturated rings. The van der Waals surface area contributed by atoms with Crippen molar-refractivity contribution in [1.82, 2.24) is 4.90 Å². The SMILES string of the molecule is COc1ccc(C2CCCC3CCC(I)C(=O)N32)cc1. The number of benzene rings is 1. The van der Waals surface area contributed by atoms with E-state index in [1.54, 1.807) is 7.11 Å². The van der Waals surface area contributed by atoms with Gasteiger partial charge in [-0.25, -0.2) is 0 Å². The molecule has 0 aliphatic carbocycles. The second-order valence-corrected chi connectivity index (χ2v) is 7.17. The minimum absolute atomic E-state index is 0.155. The first kappa shape index (κ1) is 14.2. The summed E-state index contributed by atoms with van der Waals surface area (Å²) < 4.78 is 5.37. The summed E-state index contributed by atoms with van der Waals surface area (Å²) in [4.78, 5) is 14.7. The van der Waals surface area contributed by atoms with Crippen LogP contribution >= 0.6 is 22.6 Å². The lowest BCUT2D eigenvalue weighted by molar-refractivity contribution is -0.140. The second-order valence-electron chi connectivity index (χ2n) is 5.66. The van der Waals surface area contributed by atoms with Gasteiger partial charge in [0.15, 0.2) is 0 Å². The summed E-state index contributed by atoms with van der Waals surface area (Å²) in [6.45, 7) is 0. The van der Waals surface area contributed by atoms with Gasteiger partial charge in [0.05, 0.1) is 17.1 Å². The lowest BCUT2D eigenvalue weighted by Crippen LogP contribution is -2.52. The fraction of sp³-hybridized carbons (Fsp3) is 0.562. The Labute approximate surface area is 133 Å². The lowest BCUT2D eigenvalue weighted by Gasteiger charge is -2.46. The molecule has 0 aromatic heterocycles. The van der Waals surface area contributed by atoms with Crippen LogP contribution in [0.4, 0.5) is 0 Å². The normalized spacial score (nSPS) is 30.0. The molecular formula is C16H20INO2. The minimum Gasteiger partial charge on any atom is -0.497 e. The molecule has 0 N–H and O–H groups in total. The molecule has 3 rings (SSSR count). The van der Waals surface area contributed by atoms with Crippen molar-refractivity contribution >= 4 is 28.5 Å². The number of nitrogens with zero attached hydrogens (tertiary/aromatic N) is 1. The summed E-state index contributed by atoms with van der Waals surface area (Å²) in [5, 5.41) is 0. The van der Waals surface area contributed by atoms with Crippen LogP contribution in [0.5, 0.6) is 5.75 Å². The fourth-order valence-electron chi connectivity index (χ4n) is 3.47. The maximum atomic E-state index is 12.6. The molecule has 3 nitrogen and oxygen atoms in total. The van der Waals surface area contributed by atoms with Gasteiger partial charge in [-0.2, -0.15) is 0 Å². The molecule has 0 spiro atoms. The van der Waals surface area contributed by atoms with Crippen LogP contribution in [-0.2, 0) is 4.79 Å². The Morgan fingerprint density at radius 1 is 1.15 bits per heavy atom. The highest BCUT2D eigenvalue weighted by Gasteiger charge is 2.40. The third kappa shape index (κ3) is 2.54. The Morgan fingerprint density at radius 2 is 1.90 bits per heavy atom. The zero-order chi connectivity index (χ0) is 14.1. The van der Waals surface area contributed by atoms with Gasteiger partial charge in [-0.15, -0.1) is 0 Å².